The van der Waals surface area contributed by atoms with Crippen LogP contribution in [0.3, 0.4) is 0 Å². The third-order valence-corrected chi connectivity index (χ3v) is 6.19. The van der Waals surface area contributed by atoms with Crippen LogP contribution in [0.5, 0.6) is 5.75 Å². The molecular formula is C24H37N5O8S. The quantitative estimate of drug-likeness (QED) is 0.104. The highest BCUT2D eigenvalue weighted by Gasteiger charge is 2.30. The fraction of sp³-hybridized carbons (Fsp3) is 0.542. The Kier molecular flexibility index (Phi) is 14.8. The first-order valence-electron chi connectivity index (χ1n) is 12.1. The second-order valence-corrected chi connectivity index (χ2v) is 9.65. The van der Waals surface area contributed by atoms with Crippen molar-refractivity contribution in [3.63, 3.8) is 0 Å². The van der Waals surface area contributed by atoms with E-state index in [9.17, 15) is 34.2 Å². The number of phenolic OH excluding ortho intramolecular Hbond substituents is 1. The lowest BCUT2D eigenvalue weighted by molar-refractivity contribution is -0.142. The van der Waals surface area contributed by atoms with Crippen molar-refractivity contribution < 1.29 is 39.3 Å². The number of benzene rings is 1. The highest BCUT2D eigenvalue weighted by Crippen LogP contribution is 2.13. The Morgan fingerprint density at radius 1 is 0.868 bits per heavy atom. The summed E-state index contributed by atoms with van der Waals surface area (Å²) >= 11 is 1.42. The number of phenols is 1. The minimum atomic E-state index is -1.39. The van der Waals surface area contributed by atoms with E-state index in [2.05, 4.69) is 16.0 Å². The summed E-state index contributed by atoms with van der Waals surface area (Å²) in [5.74, 6) is -4.33. The minimum absolute atomic E-state index is 0.00201. The van der Waals surface area contributed by atoms with Crippen molar-refractivity contribution in [2.45, 2.75) is 62.7 Å². The van der Waals surface area contributed by atoms with E-state index in [1.54, 1.807) is 18.4 Å². The van der Waals surface area contributed by atoms with Crippen molar-refractivity contribution in [1.82, 2.24) is 16.0 Å². The fourth-order valence-corrected chi connectivity index (χ4v) is 3.91. The summed E-state index contributed by atoms with van der Waals surface area (Å²) in [6.07, 6.45) is 2.45. The molecule has 1 aromatic rings. The van der Waals surface area contributed by atoms with Gasteiger partial charge in [0.25, 0.3) is 0 Å². The smallest absolute Gasteiger partial charge is 0.326 e. The number of carboxylic acid groups (broad SMARTS) is 2. The Labute approximate surface area is 225 Å². The van der Waals surface area contributed by atoms with Gasteiger partial charge in [-0.2, -0.15) is 11.8 Å². The van der Waals surface area contributed by atoms with Crippen LogP contribution >= 0.6 is 11.8 Å². The van der Waals surface area contributed by atoms with Gasteiger partial charge in [0.15, 0.2) is 0 Å². The van der Waals surface area contributed by atoms with Crippen molar-refractivity contribution >= 4 is 41.4 Å². The average Bonchev–Trinajstić information content (AvgIpc) is 2.85. The van der Waals surface area contributed by atoms with E-state index in [0.717, 1.165) is 0 Å². The van der Waals surface area contributed by atoms with Crippen molar-refractivity contribution in [2.24, 2.45) is 11.5 Å². The van der Waals surface area contributed by atoms with Crippen molar-refractivity contribution in [1.29, 1.82) is 0 Å². The number of rotatable bonds is 18. The second kappa shape index (κ2) is 17.2. The molecule has 0 fully saturated rings. The number of aliphatic carboxylic acids is 2. The van der Waals surface area contributed by atoms with Crippen LogP contribution in [0.1, 0.15) is 37.7 Å². The average molecular weight is 556 g/mol. The Morgan fingerprint density at radius 3 is 2.00 bits per heavy atom. The number of unbranched alkanes of at least 4 members (excludes halogenated alkanes) is 1. The first kappa shape index (κ1) is 32.7. The van der Waals surface area contributed by atoms with Gasteiger partial charge < -0.3 is 42.7 Å². The van der Waals surface area contributed by atoms with Gasteiger partial charge in [-0.05, 0) is 61.9 Å². The molecule has 3 amide bonds. The van der Waals surface area contributed by atoms with Gasteiger partial charge in [0.1, 0.15) is 23.9 Å². The molecule has 4 atom stereocenters. The number of aromatic hydroxyl groups is 1. The van der Waals surface area contributed by atoms with Gasteiger partial charge >= 0.3 is 11.9 Å². The number of nitrogens with one attached hydrogen (secondary N) is 3. The number of thioether (sulfide) groups is 1. The molecule has 0 radical (unpaired) electrons. The molecule has 14 heteroatoms. The zero-order valence-electron chi connectivity index (χ0n) is 21.2. The number of carboxylic acids is 2. The third kappa shape index (κ3) is 12.3. The molecule has 38 heavy (non-hydrogen) atoms. The molecule has 0 spiro atoms. The van der Waals surface area contributed by atoms with E-state index in [1.165, 1.54) is 23.9 Å². The standard InChI is InChI=1S/C24H37N5O8S/c1-38-11-9-18(24(36)37)28-23(35)19(12-14-5-7-15(30)8-6-14)29-22(34)17(4-2-3-10-25)27-21(33)16(26)13-20(31)32/h5-8,16-19,30H,2-4,9-13,25-26H2,1H3,(H,27,33)(H,28,35)(H,29,34)(H,31,32)(H,36,37). The van der Waals surface area contributed by atoms with Crippen LogP contribution in [0.15, 0.2) is 24.3 Å². The van der Waals surface area contributed by atoms with Gasteiger partial charge in [0.2, 0.25) is 17.7 Å². The number of carbonyl (C=O) groups excluding carboxylic acids is 3. The second-order valence-electron chi connectivity index (χ2n) is 8.66. The Balaban J connectivity index is 3.14. The first-order valence-corrected chi connectivity index (χ1v) is 13.5. The molecule has 13 nitrogen and oxygen atoms in total. The molecule has 4 unspecified atom stereocenters. The van der Waals surface area contributed by atoms with Gasteiger partial charge in [-0.15, -0.1) is 0 Å². The third-order valence-electron chi connectivity index (χ3n) is 5.55. The van der Waals surface area contributed by atoms with Gasteiger partial charge in [-0.25, -0.2) is 4.79 Å². The number of amides is 3. The fourth-order valence-electron chi connectivity index (χ4n) is 3.44. The van der Waals surface area contributed by atoms with Gasteiger partial charge in [-0.3, -0.25) is 19.2 Å². The van der Waals surface area contributed by atoms with Crippen molar-refractivity contribution in [3.05, 3.63) is 29.8 Å². The summed E-state index contributed by atoms with van der Waals surface area (Å²) < 4.78 is 0. The lowest BCUT2D eigenvalue weighted by Gasteiger charge is -2.25. The summed E-state index contributed by atoms with van der Waals surface area (Å²) in [6.45, 7) is 0.347. The topological polar surface area (TPSA) is 234 Å². The number of hydrogen-bond acceptors (Lipinski definition) is 9. The van der Waals surface area contributed by atoms with Crippen LogP contribution in [0.2, 0.25) is 0 Å². The van der Waals surface area contributed by atoms with Gasteiger partial charge in [0, 0.05) is 6.42 Å². The molecular weight excluding hydrogens is 518 g/mol. The van der Waals surface area contributed by atoms with Crippen LogP contribution in [0.4, 0.5) is 0 Å². The van der Waals surface area contributed by atoms with E-state index < -0.39 is 60.2 Å². The molecule has 10 N–H and O–H groups in total. The van der Waals surface area contributed by atoms with Gasteiger partial charge in [0.05, 0.1) is 12.5 Å². The van der Waals surface area contributed by atoms with E-state index in [1.807, 2.05) is 0 Å². The number of carbonyl (C=O) groups is 5. The predicted octanol–water partition coefficient (Wildman–Crippen LogP) is -0.842. The van der Waals surface area contributed by atoms with E-state index in [4.69, 9.17) is 16.6 Å². The predicted molar refractivity (Wildman–Crippen MR) is 141 cm³/mol. The van der Waals surface area contributed by atoms with Crippen molar-refractivity contribution in [2.75, 3.05) is 18.6 Å². The number of nitrogens with two attached hydrogens (primary N) is 2. The molecule has 0 saturated carbocycles. The van der Waals surface area contributed by atoms with Gasteiger partial charge in [-0.1, -0.05) is 12.1 Å². The van der Waals surface area contributed by atoms with E-state index >= 15 is 0 Å². The van der Waals surface area contributed by atoms with Crippen LogP contribution in [-0.4, -0.2) is 87.7 Å². The summed E-state index contributed by atoms with van der Waals surface area (Å²) in [5, 5.41) is 35.4. The lowest BCUT2D eigenvalue weighted by Crippen LogP contribution is -2.57. The maximum Gasteiger partial charge on any atom is 0.326 e. The summed E-state index contributed by atoms with van der Waals surface area (Å²) in [4.78, 5) is 61.3. The lowest BCUT2D eigenvalue weighted by atomic mass is 10.0. The molecule has 0 aromatic heterocycles. The van der Waals surface area contributed by atoms with Crippen LogP contribution in [0.25, 0.3) is 0 Å². The van der Waals surface area contributed by atoms with Crippen LogP contribution in [-0.2, 0) is 30.4 Å². The monoisotopic (exact) mass is 555 g/mol. The zero-order chi connectivity index (χ0) is 28.7. The molecule has 0 aliphatic rings. The molecule has 1 rings (SSSR count). The Morgan fingerprint density at radius 2 is 1.45 bits per heavy atom. The summed E-state index contributed by atoms with van der Waals surface area (Å²) in [7, 11) is 0. The molecule has 0 aliphatic heterocycles. The Bertz CT molecular complexity index is 946. The molecule has 1 aromatic carbocycles. The summed E-state index contributed by atoms with van der Waals surface area (Å²) in [5.41, 5.74) is 11.7. The minimum Gasteiger partial charge on any atom is -0.508 e. The molecule has 0 bridgehead atoms. The summed E-state index contributed by atoms with van der Waals surface area (Å²) in [6, 6.07) is 0.991. The Hall–Kier alpha value is -3.36. The maximum atomic E-state index is 13.2. The highest BCUT2D eigenvalue weighted by molar-refractivity contribution is 7.98. The highest BCUT2D eigenvalue weighted by atomic mass is 32.2. The van der Waals surface area contributed by atoms with Crippen molar-refractivity contribution in [3.8, 4) is 5.75 Å². The number of hydrogen-bond donors (Lipinski definition) is 8. The zero-order valence-corrected chi connectivity index (χ0v) is 22.0. The largest absolute Gasteiger partial charge is 0.508 e. The molecule has 212 valence electrons. The first-order chi connectivity index (χ1) is 18.0. The van der Waals surface area contributed by atoms with Crippen LogP contribution in [0, 0.1) is 0 Å². The van der Waals surface area contributed by atoms with Crippen LogP contribution < -0.4 is 27.4 Å². The SMILES string of the molecule is CSCCC(NC(=O)C(Cc1ccc(O)cc1)NC(=O)C(CCCCN)NC(=O)C(N)CC(=O)O)C(=O)O. The molecule has 0 heterocycles. The normalized spacial score (nSPS) is 14.0. The molecule has 0 saturated heterocycles. The molecule has 0 aliphatic carbocycles. The van der Waals surface area contributed by atoms with E-state index in [0.29, 0.717) is 30.7 Å². The maximum absolute atomic E-state index is 13.2. The van der Waals surface area contributed by atoms with E-state index in [-0.39, 0.29) is 25.0 Å².